The van der Waals surface area contributed by atoms with Crippen LogP contribution in [0, 0.1) is 11.7 Å². The van der Waals surface area contributed by atoms with Crippen molar-refractivity contribution in [2.45, 2.75) is 26.0 Å². The molecule has 2 aromatic carbocycles. The van der Waals surface area contributed by atoms with E-state index in [1.54, 1.807) is 12.1 Å². The predicted octanol–water partition coefficient (Wildman–Crippen LogP) is -1.84. The number of ether oxygens (including phenoxy) is 1. The van der Waals surface area contributed by atoms with E-state index in [0.29, 0.717) is 11.6 Å². The van der Waals surface area contributed by atoms with Gasteiger partial charge in [-0.1, -0.05) is 23.7 Å². The Hall–Kier alpha value is -1.04. The van der Waals surface area contributed by atoms with E-state index in [1.165, 1.54) is 25.0 Å². The van der Waals surface area contributed by atoms with Crippen molar-refractivity contribution in [2.75, 3.05) is 19.6 Å². The highest BCUT2D eigenvalue weighted by atomic mass is 35.5. The molecule has 0 bridgehead atoms. The molecule has 2 aromatic rings. The lowest BCUT2D eigenvalue weighted by atomic mass is 9.98. The summed E-state index contributed by atoms with van der Waals surface area (Å²) in [5.41, 5.74) is 1.98. The topological polar surface area (TPSA) is 33.3 Å². The summed E-state index contributed by atoms with van der Waals surface area (Å²) in [5, 5.41) is 7.62. The average Bonchev–Trinajstić information content (AvgIpc) is 2.63. The van der Waals surface area contributed by atoms with Crippen molar-refractivity contribution in [3.05, 3.63) is 64.4 Å². The third-order valence-electron chi connectivity index (χ3n) is 4.54. The fourth-order valence-corrected chi connectivity index (χ4v) is 3.26. The van der Waals surface area contributed by atoms with Crippen LogP contribution >= 0.6 is 11.6 Å². The Morgan fingerprint density at radius 1 is 1.07 bits per heavy atom. The van der Waals surface area contributed by atoms with Crippen LogP contribution in [0.1, 0.15) is 24.0 Å². The lowest BCUT2D eigenvalue weighted by molar-refractivity contribution is -0.001000. The summed E-state index contributed by atoms with van der Waals surface area (Å²) in [7, 11) is 0. The Morgan fingerprint density at radius 3 is 2.48 bits per heavy atom. The molecule has 0 atom stereocenters. The number of rotatable bonds is 7. The van der Waals surface area contributed by atoms with Gasteiger partial charge in [-0.05, 0) is 74.3 Å². The second-order valence-electron chi connectivity index (χ2n) is 6.49. The molecule has 3 nitrogen and oxygen atoms in total. The van der Waals surface area contributed by atoms with Crippen molar-refractivity contribution in [3.8, 4) is 5.75 Å². The van der Waals surface area contributed by atoms with Crippen molar-refractivity contribution in [2.24, 2.45) is 5.92 Å². The Morgan fingerprint density at radius 2 is 1.78 bits per heavy atom. The number of hydrogen-bond acceptors (Lipinski definition) is 3. The number of benzene rings is 2. The summed E-state index contributed by atoms with van der Waals surface area (Å²) >= 11 is 6.15. The SMILES string of the molecule is Fc1ccc(COc2ccc(Cl)cc2CNCC2CCNCC2)cc1.[Cl-].[Cl-]. The lowest BCUT2D eigenvalue weighted by Gasteiger charge is -2.23. The first-order valence-electron chi connectivity index (χ1n) is 8.78. The van der Waals surface area contributed by atoms with Gasteiger partial charge in [0.05, 0.1) is 0 Å². The molecular weight excluding hydrogens is 410 g/mol. The molecule has 1 aliphatic heterocycles. The van der Waals surface area contributed by atoms with Gasteiger partial charge in [0.1, 0.15) is 18.2 Å². The van der Waals surface area contributed by atoms with E-state index >= 15 is 0 Å². The minimum Gasteiger partial charge on any atom is -1.00 e. The minimum atomic E-state index is -0.238. The summed E-state index contributed by atoms with van der Waals surface area (Å²) < 4.78 is 18.9. The maximum atomic E-state index is 13.0. The van der Waals surface area contributed by atoms with E-state index in [1.807, 2.05) is 18.2 Å². The molecule has 1 fully saturated rings. The Balaban J connectivity index is 0.00000182. The van der Waals surface area contributed by atoms with Gasteiger partial charge in [0.15, 0.2) is 0 Å². The Labute approximate surface area is 177 Å². The third-order valence-corrected chi connectivity index (χ3v) is 4.77. The number of hydrogen-bond donors (Lipinski definition) is 2. The van der Waals surface area contributed by atoms with Gasteiger partial charge in [-0.2, -0.15) is 0 Å². The fraction of sp³-hybridized carbons (Fsp3) is 0.400. The molecule has 27 heavy (non-hydrogen) atoms. The maximum Gasteiger partial charge on any atom is 0.124 e. The molecule has 7 heteroatoms. The Kier molecular flexibility index (Phi) is 11.0. The zero-order valence-electron chi connectivity index (χ0n) is 15.0. The molecule has 0 unspecified atom stereocenters. The van der Waals surface area contributed by atoms with Crippen LogP contribution < -0.4 is 40.2 Å². The summed E-state index contributed by atoms with van der Waals surface area (Å²) in [4.78, 5) is 0. The first kappa shape index (κ1) is 24.0. The number of nitrogens with one attached hydrogen (secondary N) is 2. The van der Waals surface area contributed by atoms with E-state index in [2.05, 4.69) is 10.6 Å². The Bertz CT molecular complexity index is 679. The fourth-order valence-electron chi connectivity index (χ4n) is 3.07. The van der Waals surface area contributed by atoms with Gasteiger partial charge in [-0.25, -0.2) is 4.39 Å². The molecule has 2 N–H and O–H groups in total. The van der Waals surface area contributed by atoms with Crippen molar-refractivity contribution < 1.29 is 33.9 Å². The van der Waals surface area contributed by atoms with Crippen LogP contribution in [-0.4, -0.2) is 19.6 Å². The standard InChI is InChI=1S/C20H24ClFN2O.2ClH/c21-18-3-6-20(25-14-16-1-4-19(22)5-2-16)17(11-18)13-24-12-15-7-9-23-10-8-15;;/h1-6,11,15,23-24H,7-10,12-14H2;2*1H/p-2. The van der Waals surface area contributed by atoms with E-state index in [0.717, 1.165) is 49.0 Å². The zero-order chi connectivity index (χ0) is 17.5. The highest BCUT2D eigenvalue weighted by Gasteiger charge is 2.13. The van der Waals surface area contributed by atoms with Crippen LogP contribution in [0.15, 0.2) is 42.5 Å². The van der Waals surface area contributed by atoms with Crippen LogP contribution in [0.3, 0.4) is 0 Å². The molecule has 0 spiro atoms. The van der Waals surface area contributed by atoms with Crippen molar-refractivity contribution in [3.63, 3.8) is 0 Å². The van der Waals surface area contributed by atoms with Crippen molar-refractivity contribution >= 4 is 11.6 Å². The van der Waals surface area contributed by atoms with Crippen LogP contribution in [0.4, 0.5) is 4.39 Å². The lowest BCUT2D eigenvalue weighted by Crippen LogP contribution is -3.00. The van der Waals surface area contributed by atoms with Gasteiger partial charge < -0.3 is 40.2 Å². The van der Waals surface area contributed by atoms with Crippen molar-refractivity contribution in [1.29, 1.82) is 0 Å². The van der Waals surface area contributed by atoms with Crippen LogP contribution in [0.25, 0.3) is 0 Å². The molecule has 3 rings (SSSR count). The molecule has 150 valence electrons. The molecule has 0 amide bonds. The summed E-state index contributed by atoms with van der Waals surface area (Å²) in [5.74, 6) is 1.30. The second kappa shape index (κ2) is 12.4. The molecule has 0 radical (unpaired) electrons. The van der Waals surface area contributed by atoms with Gasteiger partial charge in [-0.15, -0.1) is 0 Å². The van der Waals surface area contributed by atoms with E-state index in [-0.39, 0.29) is 30.6 Å². The number of piperidine rings is 1. The summed E-state index contributed by atoms with van der Waals surface area (Å²) in [6.45, 7) is 4.35. The van der Waals surface area contributed by atoms with Gasteiger partial charge in [-0.3, -0.25) is 0 Å². The van der Waals surface area contributed by atoms with Gasteiger partial charge in [0.25, 0.3) is 0 Å². The molecule has 0 aliphatic carbocycles. The first-order valence-corrected chi connectivity index (χ1v) is 9.15. The van der Waals surface area contributed by atoms with E-state index in [9.17, 15) is 4.39 Å². The van der Waals surface area contributed by atoms with E-state index in [4.69, 9.17) is 16.3 Å². The van der Waals surface area contributed by atoms with Crippen LogP contribution in [-0.2, 0) is 13.2 Å². The van der Waals surface area contributed by atoms with Crippen LogP contribution in [0.5, 0.6) is 5.75 Å². The first-order chi connectivity index (χ1) is 12.2. The van der Waals surface area contributed by atoms with Gasteiger partial charge >= 0.3 is 0 Å². The molecule has 0 saturated carbocycles. The smallest absolute Gasteiger partial charge is 0.124 e. The largest absolute Gasteiger partial charge is 1.00 e. The molecule has 1 saturated heterocycles. The highest BCUT2D eigenvalue weighted by molar-refractivity contribution is 6.30. The molecular formula is C20H24Cl3FN2O-2. The third kappa shape index (κ3) is 7.84. The average molecular weight is 434 g/mol. The highest BCUT2D eigenvalue weighted by Crippen LogP contribution is 2.24. The quantitative estimate of drug-likeness (QED) is 0.538. The van der Waals surface area contributed by atoms with Gasteiger partial charge in [0, 0.05) is 17.1 Å². The normalized spacial score (nSPS) is 14.1. The van der Waals surface area contributed by atoms with E-state index < -0.39 is 0 Å². The number of halogens is 4. The predicted molar refractivity (Wildman–Crippen MR) is 99.5 cm³/mol. The minimum absolute atomic E-state index is 0. The van der Waals surface area contributed by atoms with Crippen LogP contribution in [0.2, 0.25) is 5.02 Å². The molecule has 1 heterocycles. The molecule has 1 aliphatic rings. The zero-order valence-corrected chi connectivity index (χ0v) is 17.3. The van der Waals surface area contributed by atoms with Gasteiger partial charge in [0.2, 0.25) is 0 Å². The second-order valence-corrected chi connectivity index (χ2v) is 6.93. The maximum absolute atomic E-state index is 13.0. The van der Waals surface area contributed by atoms with Crippen molar-refractivity contribution in [1.82, 2.24) is 10.6 Å². The summed E-state index contributed by atoms with van der Waals surface area (Å²) in [6, 6.07) is 12.0. The molecule has 0 aromatic heterocycles. The summed E-state index contributed by atoms with van der Waals surface area (Å²) in [6.07, 6.45) is 2.44. The monoisotopic (exact) mass is 432 g/mol.